The lowest BCUT2D eigenvalue weighted by Crippen LogP contribution is -2.30. The second-order valence-electron chi connectivity index (χ2n) is 7.40. The molecule has 0 radical (unpaired) electrons. The minimum absolute atomic E-state index is 0.240. The summed E-state index contributed by atoms with van der Waals surface area (Å²) in [5.74, 6) is 2.50. The van der Waals surface area contributed by atoms with E-state index in [-0.39, 0.29) is 11.8 Å². The first-order valence-electron chi connectivity index (χ1n) is 8.87. The quantitative estimate of drug-likeness (QED) is 0.908. The van der Waals surface area contributed by atoms with E-state index in [1.54, 1.807) is 0 Å². The van der Waals surface area contributed by atoms with E-state index in [4.69, 9.17) is 4.52 Å². The van der Waals surface area contributed by atoms with E-state index in [2.05, 4.69) is 15.5 Å². The summed E-state index contributed by atoms with van der Waals surface area (Å²) in [4.78, 5) is 16.7. The summed E-state index contributed by atoms with van der Waals surface area (Å²) in [6.45, 7) is 0.620. The molecule has 0 bridgehead atoms. The Balaban J connectivity index is 1.22. The number of carbonyl (C=O) groups is 1. The van der Waals surface area contributed by atoms with Crippen LogP contribution in [-0.2, 0) is 11.2 Å². The first-order valence-corrected chi connectivity index (χ1v) is 8.87. The van der Waals surface area contributed by atoms with Crippen molar-refractivity contribution < 1.29 is 9.32 Å². The third kappa shape index (κ3) is 2.66. The van der Waals surface area contributed by atoms with Gasteiger partial charge in [-0.1, -0.05) is 30.8 Å². The maximum absolute atomic E-state index is 12.3. The number of nitrogens with zero attached hydrogens (tertiary/aromatic N) is 2. The molecule has 3 fully saturated rings. The maximum atomic E-state index is 12.3. The molecule has 1 aromatic rings. The van der Waals surface area contributed by atoms with Crippen molar-refractivity contribution in [2.45, 2.75) is 70.1 Å². The van der Waals surface area contributed by atoms with Gasteiger partial charge in [0.15, 0.2) is 5.82 Å². The van der Waals surface area contributed by atoms with Gasteiger partial charge in [0.05, 0.1) is 0 Å². The van der Waals surface area contributed by atoms with Crippen LogP contribution in [0.4, 0.5) is 0 Å². The molecular formula is C17H25N3O2. The van der Waals surface area contributed by atoms with Crippen LogP contribution in [0.3, 0.4) is 0 Å². The van der Waals surface area contributed by atoms with Gasteiger partial charge in [-0.05, 0) is 37.5 Å². The van der Waals surface area contributed by atoms with E-state index in [1.165, 1.54) is 51.4 Å². The monoisotopic (exact) mass is 303 g/mol. The molecule has 120 valence electrons. The van der Waals surface area contributed by atoms with Crippen LogP contribution in [0.2, 0.25) is 0 Å². The summed E-state index contributed by atoms with van der Waals surface area (Å²) in [5.41, 5.74) is 0.367. The highest BCUT2D eigenvalue weighted by Crippen LogP contribution is 2.61. The molecule has 0 aliphatic heterocycles. The standard InChI is InChI=1S/C17H25N3O2/c21-15(13-11-17(13)8-2-1-3-9-17)18-10-7-14-19-16(22-20-14)12-5-4-6-12/h12-13H,1-11H2,(H,18,21)/t13-/m1/s1. The summed E-state index contributed by atoms with van der Waals surface area (Å²) in [5, 5.41) is 7.09. The van der Waals surface area contributed by atoms with E-state index < -0.39 is 0 Å². The van der Waals surface area contributed by atoms with Crippen molar-refractivity contribution in [2.75, 3.05) is 6.54 Å². The molecule has 0 saturated heterocycles. The zero-order valence-corrected chi connectivity index (χ0v) is 13.1. The number of carbonyl (C=O) groups excluding carboxylic acids is 1. The topological polar surface area (TPSA) is 68.0 Å². The lowest BCUT2D eigenvalue weighted by Gasteiger charge is -2.22. The fraction of sp³-hybridized carbons (Fsp3) is 0.824. The number of aromatic nitrogens is 2. The predicted octanol–water partition coefficient (Wildman–Crippen LogP) is 2.97. The number of rotatable bonds is 5. The van der Waals surface area contributed by atoms with E-state index in [0.29, 0.717) is 24.3 Å². The van der Waals surface area contributed by atoms with Gasteiger partial charge < -0.3 is 9.84 Å². The molecule has 1 spiro atoms. The van der Waals surface area contributed by atoms with Crippen LogP contribution in [-0.4, -0.2) is 22.6 Å². The molecule has 4 rings (SSSR count). The van der Waals surface area contributed by atoms with Crippen molar-refractivity contribution in [2.24, 2.45) is 11.3 Å². The molecule has 0 unspecified atom stereocenters. The molecule has 22 heavy (non-hydrogen) atoms. The second-order valence-corrected chi connectivity index (χ2v) is 7.40. The molecule has 5 nitrogen and oxygen atoms in total. The summed E-state index contributed by atoms with van der Waals surface area (Å²) < 4.78 is 5.30. The molecule has 1 atom stereocenters. The van der Waals surface area contributed by atoms with E-state index >= 15 is 0 Å². The molecular weight excluding hydrogens is 278 g/mol. The summed E-state index contributed by atoms with van der Waals surface area (Å²) in [6.07, 6.45) is 11.8. The third-order valence-electron chi connectivity index (χ3n) is 5.94. The molecule has 5 heteroatoms. The van der Waals surface area contributed by atoms with E-state index in [0.717, 1.165) is 18.1 Å². The van der Waals surface area contributed by atoms with Crippen LogP contribution in [0.5, 0.6) is 0 Å². The average Bonchev–Trinajstić information content (AvgIpc) is 2.96. The van der Waals surface area contributed by atoms with Crippen LogP contribution < -0.4 is 5.32 Å². The first-order chi connectivity index (χ1) is 10.8. The van der Waals surface area contributed by atoms with Crippen molar-refractivity contribution in [3.05, 3.63) is 11.7 Å². The third-order valence-corrected chi connectivity index (χ3v) is 5.94. The molecule has 3 saturated carbocycles. The lowest BCUT2D eigenvalue weighted by molar-refractivity contribution is -0.123. The van der Waals surface area contributed by atoms with Crippen molar-refractivity contribution in [1.29, 1.82) is 0 Å². The van der Waals surface area contributed by atoms with Crippen LogP contribution in [0.1, 0.15) is 75.4 Å². The minimum Gasteiger partial charge on any atom is -0.355 e. The van der Waals surface area contributed by atoms with E-state index in [1.807, 2.05) is 0 Å². The second kappa shape index (κ2) is 5.67. The van der Waals surface area contributed by atoms with Gasteiger partial charge in [-0.2, -0.15) is 4.98 Å². The van der Waals surface area contributed by atoms with Gasteiger partial charge in [-0.15, -0.1) is 0 Å². The summed E-state index contributed by atoms with van der Waals surface area (Å²) in [6, 6.07) is 0. The molecule has 1 amide bonds. The Morgan fingerprint density at radius 3 is 2.77 bits per heavy atom. The Labute approximate surface area is 131 Å². The minimum atomic E-state index is 0.240. The molecule has 1 aromatic heterocycles. The number of hydrogen-bond donors (Lipinski definition) is 1. The van der Waals surface area contributed by atoms with Crippen LogP contribution in [0, 0.1) is 11.3 Å². The lowest BCUT2D eigenvalue weighted by atomic mass is 9.84. The van der Waals surface area contributed by atoms with Crippen LogP contribution in [0.25, 0.3) is 0 Å². The molecule has 3 aliphatic rings. The highest BCUT2D eigenvalue weighted by Gasteiger charge is 2.57. The Hall–Kier alpha value is -1.39. The molecule has 1 heterocycles. The Bertz CT molecular complexity index is 544. The maximum Gasteiger partial charge on any atom is 0.229 e. The highest BCUT2D eigenvalue weighted by molar-refractivity contribution is 5.82. The van der Waals surface area contributed by atoms with Crippen LogP contribution in [0.15, 0.2) is 4.52 Å². The SMILES string of the molecule is O=C(NCCc1noc(C2CCC2)n1)[C@H]1CC12CCCCC2. The first kappa shape index (κ1) is 14.2. The van der Waals surface area contributed by atoms with Gasteiger partial charge in [-0.25, -0.2) is 0 Å². The Kier molecular flexibility index (Phi) is 3.66. The normalized spacial score (nSPS) is 26.6. The number of nitrogens with one attached hydrogen (secondary N) is 1. The largest absolute Gasteiger partial charge is 0.355 e. The van der Waals surface area contributed by atoms with Gasteiger partial charge in [0.1, 0.15) is 0 Å². The molecule has 0 aromatic carbocycles. The summed E-state index contributed by atoms with van der Waals surface area (Å²) >= 11 is 0. The Morgan fingerprint density at radius 1 is 1.23 bits per heavy atom. The van der Waals surface area contributed by atoms with Gasteiger partial charge in [0.2, 0.25) is 11.8 Å². The van der Waals surface area contributed by atoms with Crippen molar-refractivity contribution >= 4 is 5.91 Å². The fourth-order valence-corrected chi connectivity index (χ4v) is 4.14. The van der Waals surface area contributed by atoms with Crippen molar-refractivity contribution in [3.8, 4) is 0 Å². The van der Waals surface area contributed by atoms with Gasteiger partial charge in [0, 0.05) is 24.8 Å². The zero-order chi connectivity index (χ0) is 15.0. The van der Waals surface area contributed by atoms with Gasteiger partial charge >= 0.3 is 0 Å². The van der Waals surface area contributed by atoms with Gasteiger partial charge in [-0.3, -0.25) is 4.79 Å². The highest BCUT2D eigenvalue weighted by atomic mass is 16.5. The average molecular weight is 303 g/mol. The van der Waals surface area contributed by atoms with E-state index in [9.17, 15) is 4.79 Å². The predicted molar refractivity (Wildman–Crippen MR) is 81.2 cm³/mol. The van der Waals surface area contributed by atoms with Gasteiger partial charge in [0.25, 0.3) is 0 Å². The smallest absolute Gasteiger partial charge is 0.229 e. The zero-order valence-electron chi connectivity index (χ0n) is 13.1. The fourth-order valence-electron chi connectivity index (χ4n) is 4.14. The summed E-state index contributed by atoms with van der Waals surface area (Å²) in [7, 11) is 0. The van der Waals surface area contributed by atoms with Crippen molar-refractivity contribution in [1.82, 2.24) is 15.5 Å². The number of hydrogen-bond acceptors (Lipinski definition) is 4. The van der Waals surface area contributed by atoms with Crippen molar-refractivity contribution in [3.63, 3.8) is 0 Å². The number of amides is 1. The van der Waals surface area contributed by atoms with Crippen LogP contribution >= 0.6 is 0 Å². The molecule has 3 aliphatic carbocycles. The Morgan fingerprint density at radius 2 is 2.05 bits per heavy atom. The molecule has 1 N–H and O–H groups in total.